The van der Waals surface area contributed by atoms with E-state index in [4.69, 9.17) is 5.73 Å². The van der Waals surface area contributed by atoms with E-state index in [2.05, 4.69) is 18.7 Å². The minimum absolute atomic E-state index is 0.168. The lowest BCUT2D eigenvalue weighted by Crippen LogP contribution is -2.48. The van der Waals surface area contributed by atoms with Gasteiger partial charge in [-0.15, -0.1) is 0 Å². The molecule has 3 nitrogen and oxygen atoms in total. The first-order chi connectivity index (χ1) is 7.69. The van der Waals surface area contributed by atoms with Crippen molar-refractivity contribution in [1.29, 1.82) is 0 Å². The van der Waals surface area contributed by atoms with Crippen molar-refractivity contribution in [3.8, 4) is 0 Å². The third kappa shape index (κ3) is 4.04. The summed E-state index contributed by atoms with van der Waals surface area (Å²) < 4.78 is 0. The Kier molecular flexibility index (Phi) is 6.32. The Labute approximate surface area is 100 Å². The molecule has 0 saturated heterocycles. The van der Waals surface area contributed by atoms with Gasteiger partial charge in [0.15, 0.2) is 0 Å². The van der Waals surface area contributed by atoms with Gasteiger partial charge >= 0.3 is 0 Å². The highest BCUT2D eigenvalue weighted by Crippen LogP contribution is 2.25. The fourth-order valence-corrected chi connectivity index (χ4v) is 2.62. The summed E-state index contributed by atoms with van der Waals surface area (Å²) in [5.41, 5.74) is 5.76. The number of nitrogens with zero attached hydrogens (tertiary/aromatic N) is 1. The molecule has 1 aliphatic rings. The molecule has 0 aromatic heterocycles. The quantitative estimate of drug-likeness (QED) is 0.696. The SMILES string of the molecule is CC(C)CCN(C(CN)CO)C1CCCC1. The molecule has 0 amide bonds. The van der Waals surface area contributed by atoms with Gasteiger partial charge in [0.05, 0.1) is 6.61 Å². The van der Waals surface area contributed by atoms with Crippen molar-refractivity contribution in [3.05, 3.63) is 0 Å². The van der Waals surface area contributed by atoms with Crippen molar-refractivity contribution >= 4 is 0 Å². The third-order valence-corrected chi connectivity index (χ3v) is 3.71. The average Bonchev–Trinajstić information content (AvgIpc) is 2.77. The van der Waals surface area contributed by atoms with Gasteiger partial charge in [-0.1, -0.05) is 26.7 Å². The van der Waals surface area contributed by atoms with E-state index in [9.17, 15) is 5.11 Å². The number of hydrogen-bond acceptors (Lipinski definition) is 3. The van der Waals surface area contributed by atoms with E-state index in [0.717, 1.165) is 12.5 Å². The molecule has 96 valence electrons. The topological polar surface area (TPSA) is 49.5 Å². The zero-order chi connectivity index (χ0) is 12.0. The van der Waals surface area contributed by atoms with Gasteiger partial charge in [-0.3, -0.25) is 4.90 Å². The average molecular weight is 228 g/mol. The molecular weight excluding hydrogens is 200 g/mol. The molecule has 1 aliphatic carbocycles. The molecule has 1 saturated carbocycles. The summed E-state index contributed by atoms with van der Waals surface area (Å²) in [4.78, 5) is 2.47. The maximum atomic E-state index is 9.40. The second-order valence-electron chi connectivity index (χ2n) is 5.43. The van der Waals surface area contributed by atoms with Gasteiger partial charge in [-0.05, 0) is 31.7 Å². The van der Waals surface area contributed by atoms with E-state index in [0.29, 0.717) is 12.6 Å². The van der Waals surface area contributed by atoms with Crippen molar-refractivity contribution in [1.82, 2.24) is 4.90 Å². The number of aliphatic hydroxyl groups excluding tert-OH is 1. The second kappa shape index (κ2) is 7.25. The molecule has 0 radical (unpaired) electrons. The summed E-state index contributed by atoms with van der Waals surface area (Å²) in [6.07, 6.45) is 6.45. The first-order valence-corrected chi connectivity index (χ1v) is 6.75. The van der Waals surface area contributed by atoms with Gasteiger partial charge in [-0.25, -0.2) is 0 Å². The van der Waals surface area contributed by atoms with Crippen molar-refractivity contribution in [3.63, 3.8) is 0 Å². The van der Waals surface area contributed by atoms with Gasteiger partial charge in [0.2, 0.25) is 0 Å². The number of nitrogens with two attached hydrogens (primary N) is 1. The van der Waals surface area contributed by atoms with Crippen LogP contribution in [0.4, 0.5) is 0 Å². The predicted molar refractivity (Wildman–Crippen MR) is 68.3 cm³/mol. The van der Waals surface area contributed by atoms with Gasteiger partial charge < -0.3 is 10.8 Å². The van der Waals surface area contributed by atoms with Crippen LogP contribution in [0.5, 0.6) is 0 Å². The Morgan fingerprint density at radius 3 is 2.38 bits per heavy atom. The largest absolute Gasteiger partial charge is 0.395 e. The smallest absolute Gasteiger partial charge is 0.0599 e. The maximum absolute atomic E-state index is 9.40. The monoisotopic (exact) mass is 228 g/mol. The van der Waals surface area contributed by atoms with Crippen LogP contribution >= 0.6 is 0 Å². The fraction of sp³-hybridized carbons (Fsp3) is 1.00. The molecule has 0 aliphatic heterocycles. The Morgan fingerprint density at radius 2 is 1.94 bits per heavy atom. The summed E-state index contributed by atoms with van der Waals surface area (Å²) in [5, 5.41) is 9.40. The molecule has 3 heteroatoms. The number of hydrogen-bond donors (Lipinski definition) is 2. The van der Waals surface area contributed by atoms with Crippen LogP contribution in [-0.4, -0.2) is 41.8 Å². The molecule has 16 heavy (non-hydrogen) atoms. The lowest BCUT2D eigenvalue weighted by atomic mass is 10.1. The highest BCUT2D eigenvalue weighted by atomic mass is 16.3. The van der Waals surface area contributed by atoms with Crippen LogP contribution in [0.2, 0.25) is 0 Å². The molecule has 0 aromatic rings. The zero-order valence-corrected chi connectivity index (χ0v) is 10.9. The van der Waals surface area contributed by atoms with Crippen LogP contribution in [0.15, 0.2) is 0 Å². The number of rotatable bonds is 7. The van der Waals surface area contributed by atoms with Crippen LogP contribution in [0.25, 0.3) is 0 Å². The molecule has 0 heterocycles. The van der Waals surface area contributed by atoms with E-state index in [-0.39, 0.29) is 12.6 Å². The first kappa shape index (κ1) is 13.9. The Bertz CT molecular complexity index is 173. The maximum Gasteiger partial charge on any atom is 0.0599 e. The van der Waals surface area contributed by atoms with Crippen LogP contribution in [0.3, 0.4) is 0 Å². The highest BCUT2D eigenvalue weighted by molar-refractivity contribution is 4.83. The Hall–Kier alpha value is -0.120. The normalized spacial score (nSPS) is 19.9. The van der Waals surface area contributed by atoms with Crippen LogP contribution in [-0.2, 0) is 0 Å². The summed E-state index contributed by atoms with van der Waals surface area (Å²) in [5.74, 6) is 0.723. The molecule has 3 N–H and O–H groups in total. The Balaban J connectivity index is 2.52. The van der Waals surface area contributed by atoms with Crippen LogP contribution in [0, 0.1) is 5.92 Å². The third-order valence-electron chi connectivity index (χ3n) is 3.71. The Morgan fingerprint density at radius 1 is 1.31 bits per heavy atom. The fourth-order valence-electron chi connectivity index (χ4n) is 2.62. The van der Waals surface area contributed by atoms with E-state index in [1.165, 1.54) is 32.1 Å². The van der Waals surface area contributed by atoms with Crippen molar-refractivity contribution in [2.24, 2.45) is 11.7 Å². The second-order valence-corrected chi connectivity index (χ2v) is 5.43. The molecule has 1 fully saturated rings. The van der Waals surface area contributed by atoms with E-state index < -0.39 is 0 Å². The van der Waals surface area contributed by atoms with Crippen molar-refractivity contribution in [2.45, 2.75) is 58.0 Å². The van der Waals surface area contributed by atoms with E-state index in [1.54, 1.807) is 0 Å². The zero-order valence-electron chi connectivity index (χ0n) is 10.9. The molecular formula is C13H28N2O. The molecule has 0 bridgehead atoms. The van der Waals surface area contributed by atoms with E-state index in [1.807, 2.05) is 0 Å². The molecule has 1 unspecified atom stereocenters. The standard InChI is InChI=1S/C13H28N2O/c1-11(2)7-8-15(13(9-14)10-16)12-5-3-4-6-12/h11-13,16H,3-10,14H2,1-2H3. The molecule has 1 rings (SSSR count). The lowest BCUT2D eigenvalue weighted by molar-refractivity contribution is 0.0840. The minimum Gasteiger partial charge on any atom is -0.395 e. The highest BCUT2D eigenvalue weighted by Gasteiger charge is 2.27. The summed E-state index contributed by atoms with van der Waals surface area (Å²) in [7, 11) is 0. The van der Waals surface area contributed by atoms with Crippen molar-refractivity contribution < 1.29 is 5.11 Å². The van der Waals surface area contributed by atoms with Gasteiger partial charge in [0, 0.05) is 18.6 Å². The minimum atomic E-state index is 0.168. The molecule has 0 aromatic carbocycles. The predicted octanol–water partition coefficient (Wildman–Crippen LogP) is 1.60. The first-order valence-electron chi connectivity index (χ1n) is 6.75. The van der Waals surface area contributed by atoms with Gasteiger partial charge in [0.1, 0.15) is 0 Å². The summed E-state index contributed by atoms with van der Waals surface area (Å²) >= 11 is 0. The summed E-state index contributed by atoms with van der Waals surface area (Å²) in [6, 6.07) is 0.835. The van der Waals surface area contributed by atoms with Gasteiger partial charge in [-0.2, -0.15) is 0 Å². The molecule has 1 atom stereocenters. The number of aliphatic hydroxyl groups is 1. The van der Waals surface area contributed by atoms with E-state index >= 15 is 0 Å². The van der Waals surface area contributed by atoms with Crippen molar-refractivity contribution in [2.75, 3.05) is 19.7 Å². The van der Waals surface area contributed by atoms with Crippen LogP contribution in [0.1, 0.15) is 46.0 Å². The summed E-state index contributed by atoms with van der Waals surface area (Å²) in [6.45, 7) is 6.37. The van der Waals surface area contributed by atoms with Crippen LogP contribution < -0.4 is 5.73 Å². The lowest BCUT2D eigenvalue weighted by Gasteiger charge is -2.35. The van der Waals surface area contributed by atoms with Gasteiger partial charge in [0.25, 0.3) is 0 Å². The molecule has 0 spiro atoms.